The minimum absolute atomic E-state index is 0.324. The van der Waals surface area contributed by atoms with Crippen LogP contribution in [0.15, 0.2) is 30.6 Å². The molecule has 1 rings (SSSR count). The molecule has 2 amide bonds. The van der Waals surface area contributed by atoms with Gasteiger partial charge >= 0.3 is 6.03 Å². The molecule has 14 heavy (non-hydrogen) atoms. The third-order valence-electron chi connectivity index (χ3n) is 1.48. The number of aromatic nitrogens is 1. The van der Waals surface area contributed by atoms with Crippen molar-refractivity contribution in [3.05, 3.63) is 36.2 Å². The largest absolute Gasteiger partial charge is 0.324 e. The van der Waals surface area contributed by atoms with E-state index in [1.165, 1.54) is 0 Å². The van der Waals surface area contributed by atoms with Crippen molar-refractivity contribution in [2.45, 2.75) is 13.8 Å². The highest BCUT2D eigenvalue weighted by molar-refractivity contribution is 5.89. The maximum atomic E-state index is 11.2. The van der Waals surface area contributed by atoms with Crippen LogP contribution in [0.1, 0.15) is 12.5 Å². The van der Waals surface area contributed by atoms with Gasteiger partial charge in [0.1, 0.15) is 5.82 Å². The maximum Gasteiger partial charge on any atom is 0.324 e. The molecule has 1 heterocycles. The summed E-state index contributed by atoms with van der Waals surface area (Å²) in [6.07, 6.45) is 1.64. The van der Waals surface area contributed by atoms with Crippen LogP contribution in [0, 0.1) is 6.92 Å². The van der Waals surface area contributed by atoms with Crippen LogP contribution in [-0.4, -0.2) is 11.0 Å². The van der Waals surface area contributed by atoms with Crippen molar-refractivity contribution >= 4 is 11.8 Å². The molecule has 4 heteroatoms. The fourth-order valence-corrected chi connectivity index (χ4v) is 0.946. The number of aryl methyl sites for hydroxylation is 1. The molecule has 1 aromatic rings. The number of hydrogen-bond acceptors (Lipinski definition) is 2. The lowest BCUT2D eigenvalue weighted by atomic mass is 10.3. The zero-order valence-corrected chi connectivity index (χ0v) is 8.29. The highest BCUT2D eigenvalue weighted by Gasteiger charge is 2.01. The molecule has 0 saturated heterocycles. The molecule has 0 aliphatic carbocycles. The Morgan fingerprint density at radius 1 is 1.57 bits per heavy atom. The van der Waals surface area contributed by atoms with Crippen molar-refractivity contribution in [1.29, 1.82) is 0 Å². The molecule has 0 radical (unpaired) electrons. The predicted octanol–water partition coefficient (Wildman–Crippen LogP) is 2.05. The van der Waals surface area contributed by atoms with Gasteiger partial charge in [0.25, 0.3) is 0 Å². The number of allylic oxidation sites excluding steroid dienone is 1. The Morgan fingerprint density at radius 2 is 2.29 bits per heavy atom. The lowest BCUT2D eigenvalue weighted by molar-refractivity contribution is 0.254. The van der Waals surface area contributed by atoms with Gasteiger partial charge in [-0.25, -0.2) is 9.78 Å². The van der Waals surface area contributed by atoms with Crippen molar-refractivity contribution in [1.82, 2.24) is 10.3 Å². The van der Waals surface area contributed by atoms with E-state index in [9.17, 15) is 4.79 Å². The van der Waals surface area contributed by atoms with Crippen LogP contribution in [0.2, 0.25) is 0 Å². The second-order valence-electron chi connectivity index (χ2n) is 3.08. The van der Waals surface area contributed by atoms with E-state index in [2.05, 4.69) is 22.2 Å². The fraction of sp³-hybridized carbons (Fsp3) is 0.200. The Hall–Kier alpha value is -1.84. The highest BCUT2D eigenvalue weighted by Crippen LogP contribution is 2.04. The standard InChI is InChI=1S/C10H13N3O/c1-7(2)12-10(14)13-9-6-8(3)4-5-11-9/h4-6H,1H2,2-3H3,(H2,11,12,13,14). The normalized spacial score (nSPS) is 9.29. The summed E-state index contributed by atoms with van der Waals surface area (Å²) in [5.74, 6) is 0.531. The average molecular weight is 191 g/mol. The molecular formula is C10H13N3O. The number of nitrogens with one attached hydrogen (secondary N) is 2. The summed E-state index contributed by atoms with van der Waals surface area (Å²) >= 11 is 0. The van der Waals surface area contributed by atoms with Gasteiger partial charge in [-0.05, 0) is 31.5 Å². The van der Waals surface area contributed by atoms with E-state index >= 15 is 0 Å². The summed E-state index contributed by atoms with van der Waals surface area (Å²) in [7, 11) is 0. The van der Waals surface area contributed by atoms with Crippen LogP contribution in [0.4, 0.5) is 10.6 Å². The molecule has 2 N–H and O–H groups in total. The zero-order valence-electron chi connectivity index (χ0n) is 8.29. The number of pyridine rings is 1. The molecule has 0 spiro atoms. The van der Waals surface area contributed by atoms with Crippen LogP contribution >= 0.6 is 0 Å². The molecule has 0 bridgehead atoms. The van der Waals surface area contributed by atoms with Gasteiger partial charge in [-0.2, -0.15) is 0 Å². The summed E-state index contributed by atoms with van der Waals surface area (Å²) < 4.78 is 0. The molecule has 0 unspecified atom stereocenters. The molecule has 0 saturated carbocycles. The predicted molar refractivity (Wildman–Crippen MR) is 55.9 cm³/mol. The Kier molecular flexibility index (Phi) is 3.23. The SMILES string of the molecule is C=C(C)NC(=O)Nc1cc(C)ccn1. The van der Waals surface area contributed by atoms with Gasteiger partial charge in [0.05, 0.1) is 0 Å². The van der Waals surface area contributed by atoms with E-state index in [1.807, 2.05) is 13.0 Å². The molecular weight excluding hydrogens is 178 g/mol. The molecule has 0 aliphatic rings. The topological polar surface area (TPSA) is 54.0 Å². The number of amides is 2. The molecule has 4 nitrogen and oxygen atoms in total. The maximum absolute atomic E-state index is 11.2. The lowest BCUT2D eigenvalue weighted by Gasteiger charge is -2.06. The first-order valence-corrected chi connectivity index (χ1v) is 4.24. The minimum atomic E-state index is -0.324. The van der Waals surface area contributed by atoms with Gasteiger partial charge in [-0.3, -0.25) is 5.32 Å². The van der Waals surface area contributed by atoms with Gasteiger partial charge in [0.15, 0.2) is 0 Å². The van der Waals surface area contributed by atoms with Crippen LogP contribution < -0.4 is 10.6 Å². The second kappa shape index (κ2) is 4.41. The highest BCUT2D eigenvalue weighted by atomic mass is 16.2. The Bertz CT molecular complexity index is 360. The van der Waals surface area contributed by atoms with Crippen molar-refractivity contribution in [2.75, 3.05) is 5.32 Å². The number of carbonyl (C=O) groups is 1. The van der Waals surface area contributed by atoms with Crippen molar-refractivity contribution < 1.29 is 4.79 Å². The van der Waals surface area contributed by atoms with Crippen LogP contribution in [-0.2, 0) is 0 Å². The Morgan fingerprint density at radius 3 is 2.86 bits per heavy atom. The average Bonchev–Trinajstić information content (AvgIpc) is 2.01. The number of hydrogen-bond donors (Lipinski definition) is 2. The number of carbonyl (C=O) groups excluding carboxylic acids is 1. The van der Waals surface area contributed by atoms with E-state index < -0.39 is 0 Å². The van der Waals surface area contributed by atoms with E-state index in [0.717, 1.165) is 5.56 Å². The minimum Gasteiger partial charge on any atom is -0.312 e. The van der Waals surface area contributed by atoms with Crippen molar-refractivity contribution in [2.24, 2.45) is 0 Å². The third-order valence-corrected chi connectivity index (χ3v) is 1.48. The lowest BCUT2D eigenvalue weighted by Crippen LogP contribution is -2.27. The molecule has 0 fully saturated rings. The monoisotopic (exact) mass is 191 g/mol. The molecule has 0 aliphatic heterocycles. The number of anilines is 1. The van der Waals surface area contributed by atoms with Gasteiger partial charge < -0.3 is 5.32 Å². The summed E-state index contributed by atoms with van der Waals surface area (Å²) in [6, 6.07) is 3.33. The number of rotatable bonds is 2. The smallest absolute Gasteiger partial charge is 0.312 e. The second-order valence-corrected chi connectivity index (χ2v) is 3.08. The summed E-state index contributed by atoms with van der Waals surface area (Å²) in [6.45, 7) is 7.21. The fourth-order valence-electron chi connectivity index (χ4n) is 0.946. The first-order valence-electron chi connectivity index (χ1n) is 4.24. The third kappa shape index (κ3) is 3.26. The Balaban J connectivity index is 2.60. The molecule has 1 aromatic heterocycles. The van der Waals surface area contributed by atoms with Gasteiger partial charge in [-0.15, -0.1) is 0 Å². The molecule has 74 valence electrons. The van der Waals surface area contributed by atoms with Crippen LogP contribution in [0.3, 0.4) is 0 Å². The number of urea groups is 1. The summed E-state index contributed by atoms with van der Waals surface area (Å²) in [5.41, 5.74) is 1.64. The Labute approximate surface area is 83.0 Å². The molecule has 0 atom stereocenters. The van der Waals surface area contributed by atoms with Crippen LogP contribution in [0.25, 0.3) is 0 Å². The van der Waals surface area contributed by atoms with Crippen LogP contribution in [0.5, 0.6) is 0 Å². The first-order chi connectivity index (χ1) is 6.58. The zero-order chi connectivity index (χ0) is 10.6. The van der Waals surface area contributed by atoms with Crippen molar-refractivity contribution in [3.8, 4) is 0 Å². The van der Waals surface area contributed by atoms with Gasteiger partial charge in [0.2, 0.25) is 0 Å². The summed E-state index contributed by atoms with van der Waals surface area (Å²) in [5, 5.41) is 5.12. The van der Waals surface area contributed by atoms with E-state index in [1.54, 1.807) is 19.2 Å². The first kappa shape index (κ1) is 10.2. The van der Waals surface area contributed by atoms with E-state index in [-0.39, 0.29) is 6.03 Å². The van der Waals surface area contributed by atoms with E-state index in [4.69, 9.17) is 0 Å². The van der Waals surface area contributed by atoms with Crippen molar-refractivity contribution in [3.63, 3.8) is 0 Å². The van der Waals surface area contributed by atoms with Gasteiger partial charge in [0, 0.05) is 11.9 Å². The van der Waals surface area contributed by atoms with Gasteiger partial charge in [-0.1, -0.05) is 6.58 Å². The number of nitrogens with zero attached hydrogens (tertiary/aromatic N) is 1. The van der Waals surface area contributed by atoms with E-state index in [0.29, 0.717) is 11.5 Å². The quantitative estimate of drug-likeness (QED) is 0.751. The summed E-state index contributed by atoms with van der Waals surface area (Å²) in [4.78, 5) is 15.2. The molecule has 0 aromatic carbocycles.